The Bertz CT molecular complexity index is 5810. The van der Waals surface area contributed by atoms with Crippen molar-refractivity contribution in [3.63, 3.8) is 0 Å². The molecule has 17 heterocycles. The van der Waals surface area contributed by atoms with Gasteiger partial charge in [-0.15, -0.1) is 0 Å². The Morgan fingerprint density at radius 1 is 0.500 bits per heavy atom. The topological polar surface area (TPSA) is 492 Å². The number of fused-ring (bicyclic) bond motifs is 2. The van der Waals surface area contributed by atoms with Gasteiger partial charge in [-0.3, -0.25) is 67.6 Å². The Morgan fingerprint density at radius 3 is 1.21 bits per heavy atom. The number of aldehydes is 1. The largest absolute Gasteiger partial charge is 0.510 e. The summed E-state index contributed by atoms with van der Waals surface area (Å²) in [5.74, 6) is -0.283. The summed E-state index contributed by atoms with van der Waals surface area (Å²) >= 11 is 21.2. The predicted octanol–water partition coefficient (Wildman–Crippen LogP) is 10.1. The number of alkyl halides is 6. The molecular formula is C96H116AlBr6F5LiN21O18. The van der Waals surface area contributed by atoms with Crippen molar-refractivity contribution in [2.75, 3.05) is 164 Å². The van der Waals surface area contributed by atoms with E-state index >= 15 is 0 Å². The van der Waals surface area contributed by atoms with Crippen molar-refractivity contribution in [2.45, 2.75) is 163 Å². The number of Topliss-reactive ketones (excluding diaryl/α,β-unsaturated/α-hetero) is 1. The van der Waals surface area contributed by atoms with Gasteiger partial charge in [0.1, 0.15) is 114 Å². The van der Waals surface area contributed by atoms with Crippen molar-refractivity contribution in [1.29, 1.82) is 5.26 Å². The van der Waals surface area contributed by atoms with Crippen molar-refractivity contribution in [2.24, 2.45) is 16.5 Å². The van der Waals surface area contributed by atoms with Gasteiger partial charge >= 0.3 is 16.6 Å². The van der Waals surface area contributed by atoms with Crippen LogP contribution in [0.25, 0.3) is 10.9 Å². The minimum Gasteiger partial charge on any atom is -0.510 e. The summed E-state index contributed by atoms with van der Waals surface area (Å²) in [6, 6.07) is 40.0. The van der Waals surface area contributed by atoms with Crippen LogP contribution in [0.3, 0.4) is 0 Å². The Labute approximate surface area is 923 Å². The molecule has 6 aromatic heterocycles. The number of nitrogens with one attached hydrogen (secondary N) is 6. The molecule has 10 N–H and O–H groups in total. The third-order valence-electron chi connectivity index (χ3n) is 24.0. The molecule has 11 aliphatic rings. The number of hydrogen-bond donors (Lipinski definition) is 8. The Morgan fingerprint density at radius 2 is 0.885 bits per heavy atom. The second-order valence-corrected chi connectivity index (χ2v) is 39.6. The number of nitrogens with zero attached hydrogens (tertiary/aromatic N) is 13. The molecule has 10 atom stereocenters. The third kappa shape index (κ3) is 34.8. The average Bonchev–Trinajstić information content (AvgIpc) is 1.59. The zero-order valence-corrected chi connectivity index (χ0v) is 93.0. The van der Waals surface area contributed by atoms with Gasteiger partial charge in [0, 0.05) is 120 Å². The van der Waals surface area contributed by atoms with E-state index in [-0.39, 0.29) is 157 Å². The van der Waals surface area contributed by atoms with Crippen molar-refractivity contribution in [3.8, 4) is 6.07 Å². The standard InChI is InChI=1S/C22H22BrFN6O3.C14H16Br2FN3O2.C14H14BrFN4O2.C14H15BrFN3O3.C10H11BrFN3O.C9H8N2O.C4H10O2.C4H10O.C3H4O2.C2H5O.Al.Li.H/c23-17-6-3-7-18(26-17)27-21(32)16-8-13(24)9-29(16)22(11-33-12-22)10-30-15-5-2-1-4-14(15)19(28-30)20(25)31;15-6-14(7-22-8-14)20-5-9(17)4-10(20)13(21)19-12-3-1-2-11(16)18-12;15-11-2-1-3-12(18-11)19-13(21)10-4-9(16)5-20(10)14(6-17)7-22-8-14;15-11-2-1-3-12(17-11)18-13(21)10-4-9(16)5-19(10)14(6-20)7-22-8-14;11-8-2-1-3-9(14-8)15-10(16)7-4-6(12)5-13-7;10-9(12)8-7-4-2-1-3-6(7)5-11-8;1-3-5-6-4-2;1-3-5-4-2;4-3-1-5-2-3;1-2-3;;;/h1-7,13,16H,8-12H2,(H2,25,31)(H,26,27,32);1-3,9-10H,4-8H2,(H,18,19,21);1-3,9-10H,4-5,7-8H2,(H,18,19,21);1-3,6,9-10H,4-5,7-8H2,(H,17,18,21);1-3,6-7,13H,4-5H2,(H,14,15,16);1-4H,5H2,(H2,10,12);3-4H2,1-2H3;3-4H2,1-2H3;1-2H2;2H2,1H3;;;/q;;;;;;;;;-1;+1;;/t13-,16+;3*9-,10+;6-,7+;;;;;;;;/m11111......../s1. The van der Waals surface area contributed by atoms with Gasteiger partial charge in [0.2, 0.25) is 29.5 Å². The number of benzene rings is 2. The Hall–Kier alpha value is -8.45. The van der Waals surface area contributed by atoms with Gasteiger partial charge in [-0.25, -0.2) is 56.6 Å². The maximum Gasteiger partial charge on any atom is 0.394 e. The first-order valence-electron chi connectivity index (χ1n) is 46.9. The number of carbonyl (C=O) groups excluding carboxylic acids is 9. The van der Waals surface area contributed by atoms with Crippen LogP contribution in [0.4, 0.5) is 51.0 Å². The molecule has 8 aromatic rings. The second-order valence-electron chi connectivity index (χ2n) is 34.6. The molecule has 19 rings (SSSR count). The SMILES string of the molecule is CCOCC.CCOOCC.CC[O][AlH].N#CC1(N2C[C@H](F)C[C@H]2C(=O)Nc2cccc(Br)n2)COC1.NC(=O)C1=NCc2ccccc21.NC(=O)c1nn(CC2(N3C[C@H](F)C[C@H]3C(=O)Nc3cccc(Br)n3)COC2)c2ccccc12.O=C(Nc1cccc(Br)n1)[C@@H]1C[C@@H](F)CN1.O=C(Nc1cccc(Br)n1)[C@@H]1C[C@@H](F)CN1C1(CBr)COC1.O=C1COC1.O=CC1(N2C[C@H](F)C[C@H]2C(=O)Nc2cccc(Br)n2)COC1.[Li]. The number of ether oxygens (including phenoxy) is 6. The number of carbonyl (C=O) groups is 9. The van der Waals surface area contributed by atoms with Gasteiger partial charge < -0.3 is 80.4 Å². The zero-order valence-electron chi connectivity index (χ0n) is 82.1. The normalized spacial score (nSPS) is 22.4. The first-order valence-corrected chi connectivity index (χ1v) is 52.6. The number of ketones is 1. The summed E-state index contributed by atoms with van der Waals surface area (Å²) in [4.78, 5) is 147. The van der Waals surface area contributed by atoms with E-state index < -0.39 is 89.5 Å². The number of hydrogen-bond acceptors (Lipinski definition) is 31. The minimum absolute atomic E-state index is 0. The first kappa shape index (κ1) is 123. The fourth-order valence-electron chi connectivity index (χ4n) is 16.6. The van der Waals surface area contributed by atoms with Crippen molar-refractivity contribution in [3.05, 3.63) is 179 Å². The van der Waals surface area contributed by atoms with Gasteiger partial charge in [0.15, 0.2) is 17.0 Å². The molecule has 0 unspecified atom stereocenters. The molecule has 0 bridgehead atoms. The predicted molar refractivity (Wildman–Crippen MR) is 564 cm³/mol. The number of anilines is 5. The van der Waals surface area contributed by atoms with Crippen molar-refractivity contribution < 1.29 is 107 Å². The molecule has 0 aliphatic carbocycles. The van der Waals surface area contributed by atoms with E-state index in [1.165, 1.54) is 16.6 Å². The van der Waals surface area contributed by atoms with Crippen LogP contribution < -0.4 is 43.4 Å². The third-order valence-corrected chi connectivity index (χ3v) is 27.7. The van der Waals surface area contributed by atoms with E-state index in [9.17, 15) is 70.4 Å². The summed E-state index contributed by atoms with van der Waals surface area (Å²) < 4.78 is 109. The molecule has 2 radical (unpaired) electrons. The molecule has 148 heavy (non-hydrogen) atoms. The van der Waals surface area contributed by atoms with Crippen LogP contribution in [0.15, 0.2) is 168 Å². The maximum absolute atomic E-state index is 14.6. The number of para-hydroxylation sites is 1. The van der Waals surface area contributed by atoms with Gasteiger partial charge in [-0.1, -0.05) is 88.7 Å². The van der Waals surface area contributed by atoms with Gasteiger partial charge in [-0.2, -0.15) is 10.4 Å². The summed E-state index contributed by atoms with van der Waals surface area (Å²) in [5.41, 5.74) is 11.3. The molecular weight excluding hydrogens is 2340 g/mol. The van der Waals surface area contributed by atoms with Crippen LogP contribution in [0.5, 0.6) is 0 Å². The molecule has 10 saturated heterocycles. The number of amides is 7. The number of likely N-dealkylation sites (tertiary alicyclic amines) is 4. The number of nitriles is 1. The molecule has 39 nitrogen and oxygen atoms in total. The van der Waals surface area contributed by atoms with Crippen molar-refractivity contribution >= 4 is 230 Å². The van der Waals surface area contributed by atoms with E-state index in [1.807, 2.05) is 86.9 Å². The monoisotopic (exact) mass is 2450 g/mol. The van der Waals surface area contributed by atoms with Gasteiger partial charge in [-0.05, 0) is 187 Å². The zero-order chi connectivity index (χ0) is 107. The van der Waals surface area contributed by atoms with Gasteiger partial charge in [0.25, 0.3) is 11.8 Å². The molecule has 11 aliphatic heterocycles. The van der Waals surface area contributed by atoms with Crippen LogP contribution in [0.2, 0.25) is 0 Å². The van der Waals surface area contributed by atoms with E-state index in [0.717, 1.165) is 42.8 Å². The van der Waals surface area contributed by atoms with E-state index in [1.54, 1.807) is 112 Å². The fourth-order valence-corrected chi connectivity index (χ4v) is 19.0. The summed E-state index contributed by atoms with van der Waals surface area (Å²) in [6.45, 7) is 18.3. The number of halogens is 11. The number of aromatic nitrogens is 7. The number of primary amides is 2. The van der Waals surface area contributed by atoms with E-state index in [2.05, 4.69) is 187 Å². The number of aliphatic imine (C=N–C) groups is 1. The number of rotatable bonds is 26. The van der Waals surface area contributed by atoms with Gasteiger partial charge in [0.05, 0.1) is 132 Å². The van der Waals surface area contributed by atoms with Crippen LogP contribution in [0.1, 0.15) is 88.3 Å². The quantitative estimate of drug-likeness (QED) is 0.00365. The smallest absolute Gasteiger partial charge is 0.394 e. The molecule has 0 saturated carbocycles. The molecule has 10 fully saturated rings. The minimum atomic E-state index is -1.15. The molecule has 0 spiro atoms. The molecule has 794 valence electrons. The van der Waals surface area contributed by atoms with Crippen LogP contribution in [-0.2, 0) is 93.4 Å². The second kappa shape index (κ2) is 60.9. The summed E-state index contributed by atoms with van der Waals surface area (Å²) in [5, 5.41) is 31.5. The average molecular weight is 2460 g/mol. The van der Waals surface area contributed by atoms with E-state index in [4.69, 9.17) is 35.2 Å². The first-order chi connectivity index (χ1) is 70.5. The summed E-state index contributed by atoms with van der Waals surface area (Å²) in [6.07, 6.45) is -3.95. The molecule has 2 aromatic carbocycles. The number of nitrogens with two attached hydrogens (primary N) is 2. The Balaban J connectivity index is 0.000000193. The number of pyridine rings is 5. The van der Waals surface area contributed by atoms with Crippen molar-refractivity contribution in [1.82, 2.24) is 59.6 Å². The molecule has 7 amide bonds. The maximum atomic E-state index is 14.6. The van der Waals surface area contributed by atoms with Crippen LogP contribution in [0, 0.1) is 11.3 Å². The summed E-state index contributed by atoms with van der Waals surface area (Å²) in [7, 11) is 0. The van der Waals surface area contributed by atoms with E-state index in [0.29, 0.717) is 134 Å². The fraction of sp³-hybridized carbons (Fsp3) is 0.490. The van der Waals surface area contributed by atoms with Crippen LogP contribution >= 0.6 is 95.6 Å². The Kier molecular flexibility index (Phi) is 50.6. The van der Waals surface area contributed by atoms with Crippen LogP contribution in [-0.4, -0.2) is 369 Å². The molecule has 52 heteroatoms.